The molecule has 1 aliphatic heterocycles. The zero-order valence-electron chi connectivity index (χ0n) is 19.7. The van der Waals surface area contributed by atoms with Gasteiger partial charge in [0.15, 0.2) is 0 Å². The number of hydrogen-bond acceptors (Lipinski definition) is 3. The maximum atomic E-state index is 13.8. The van der Waals surface area contributed by atoms with Gasteiger partial charge in [0.1, 0.15) is 0 Å². The van der Waals surface area contributed by atoms with Crippen LogP contribution >= 0.6 is 0 Å². The van der Waals surface area contributed by atoms with Crippen molar-refractivity contribution in [1.29, 1.82) is 0 Å². The van der Waals surface area contributed by atoms with Crippen molar-refractivity contribution in [3.05, 3.63) is 96.6 Å². The summed E-state index contributed by atoms with van der Waals surface area (Å²) < 4.78 is 29.2. The lowest BCUT2D eigenvalue weighted by atomic mass is 9.78. The molecule has 0 bridgehead atoms. The second kappa shape index (κ2) is 10.3. The third kappa shape index (κ3) is 4.77. The minimum atomic E-state index is -3.64. The van der Waals surface area contributed by atoms with E-state index >= 15 is 0 Å². The van der Waals surface area contributed by atoms with E-state index in [1.807, 2.05) is 36.4 Å². The summed E-state index contributed by atoms with van der Waals surface area (Å²) in [6.07, 6.45) is 6.75. The molecule has 1 aliphatic carbocycles. The second-order valence-corrected chi connectivity index (χ2v) is 11.4. The summed E-state index contributed by atoms with van der Waals surface area (Å²) in [6, 6.07) is 29.9. The molecule has 34 heavy (non-hydrogen) atoms. The van der Waals surface area contributed by atoms with Gasteiger partial charge in [-0.2, -0.15) is 0 Å². The lowest BCUT2D eigenvalue weighted by Crippen LogP contribution is -2.51. The van der Waals surface area contributed by atoms with Crippen LogP contribution in [0.3, 0.4) is 0 Å². The molecule has 0 N–H and O–H groups in total. The number of para-hydroxylation sites is 1. The average Bonchev–Trinajstić information content (AvgIpc) is 2.91. The molecule has 5 rings (SSSR count). The lowest BCUT2D eigenvalue weighted by molar-refractivity contribution is 0.107. The van der Waals surface area contributed by atoms with Crippen molar-refractivity contribution in [2.45, 2.75) is 61.4 Å². The standard InChI is InChI=1S/C29H34N2O2S/c32-34(33,27-16-8-3-9-17-27)31(25-14-6-2-7-15-25)26-20-22-30(23-21-26)29-19-11-10-18-28(29)24-12-4-1-5-13-24/h1-9,12-17,26,28-29H,10-11,18-23H2/t28-,29-/m1/s1. The molecule has 0 amide bonds. The van der Waals surface area contributed by atoms with Crippen LogP contribution in [0.5, 0.6) is 0 Å². The van der Waals surface area contributed by atoms with Crippen LogP contribution in [0.4, 0.5) is 5.69 Å². The third-order valence-corrected chi connectivity index (χ3v) is 9.46. The summed E-state index contributed by atoms with van der Waals surface area (Å²) in [5, 5.41) is 0. The number of piperidine rings is 1. The fourth-order valence-corrected chi connectivity index (χ4v) is 7.65. The van der Waals surface area contributed by atoms with Gasteiger partial charge in [0.2, 0.25) is 0 Å². The summed E-state index contributed by atoms with van der Waals surface area (Å²) in [5.74, 6) is 0.574. The van der Waals surface area contributed by atoms with Gasteiger partial charge in [-0.25, -0.2) is 8.42 Å². The van der Waals surface area contributed by atoms with Crippen LogP contribution in [0.15, 0.2) is 95.9 Å². The molecule has 2 atom stereocenters. The van der Waals surface area contributed by atoms with Crippen LogP contribution in [0.2, 0.25) is 0 Å². The quantitative estimate of drug-likeness (QED) is 0.435. The van der Waals surface area contributed by atoms with Crippen molar-refractivity contribution in [2.75, 3.05) is 17.4 Å². The van der Waals surface area contributed by atoms with Crippen molar-refractivity contribution >= 4 is 15.7 Å². The van der Waals surface area contributed by atoms with Crippen molar-refractivity contribution in [3.63, 3.8) is 0 Å². The minimum absolute atomic E-state index is 0.0392. The molecule has 4 nitrogen and oxygen atoms in total. The first-order valence-corrected chi connectivity index (χ1v) is 14.0. The van der Waals surface area contributed by atoms with E-state index in [9.17, 15) is 8.42 Å². The Balaban J connectivity index is 1.37. The van der Waals surface area contributed by atoms with Gasteiger partial charge in [0.05, 0.1) is 10.6 Å². The van der Waals surface area contributed by atoms with Gasteiger partial charge in [-0.15, -0.1) is 0 Å². The zero-order valence-corrected chi connectivity index (χ0v) is 20.5. The second-order valence-electron chi connectivity index (χ2n) is 9.59. The highest BCUT2D eigenvalue weighted by atomic mass is 32.2. The zero-order chi connectivity index (χ0) is 23.4. The summed E-state index contributed by atoms with van der Waals surface area (Å²) in [6.45, 7) is 1.87. The van der Waals surface area contributed by atoms with Gasteiger partial charge in [0, 0.05) is 25.2 Å². The van der Waals surface area contributed by atoms with Crippen LogP contribution < -0.4 is 4.31 Å². The van der Waals surface area contributed by atoms with Gasteiger partial charge < -0.3 is 0 Å². The summed E-state index contributed by atoms with van der Waals surface area (Å²) in [7, 11) is -3.64. The molecule has 0 aromatic heterocycles. The Labute approximate surface area is 204 Å². The number of sulfonamides is 1. The Morgan fingerprint density at radius 3 is 1.88 bits per heavy atom. The Bertz CT molecular complexity index is 1140. The van der Waals surface area contributed by atoms with Crippen molar-refractivity contribution in [2.24, 2.45) is 0 Å². The largest absolute Gasteiger partial charge is 0.300 e. The van der Waals surface area contributed by atoms with Crippen molar-refractivity contribution < 1.29 is 8.42 Å². The highest BCUT2D eigenvalue weighted by Gasteiger charge is 2.37. The van der Waals surface area contributed by atoms with E-state index in [0.29, 0.717) is 16.9 Å². The molecular weight excluding hydrogens is 440 g/mol. The van der Waals surface area contributed by atoms with Crippen LogP contribution in [0.1, 0.15) is 50.0 Å². The molecule has 3 aromatic carbocycles. The number of benzene rings is 3. The first kappa shape index (κ1) is 23.1. The predicted octanol–water partition coefficient (Wildman–Crippen LogP) is 6.07. The molecule has 178 valence electrons. The Morgan fingerprint density at radius 1 is 0.676 bits per heavy atom. The maximum absolute atomic E-state index is 13.8. The number of rotatable bonds is 6. The molecule has 0 spiro atoms. The van der Waals surface area contributed by atoms with Gasteiger partial charge in [-0.1, -0.05) is 79.6 Å². The molecule has 3 aromatic rings. The molecule has 1 heterocycles. The Hall–Kier alpha value is -2.63. The number of hydrogen-bond donors (Lipinski definition) is 0. The van der Waals surface area contributed by atoms with Gasteiger partial charge in [-0.05, 0) is 61.4 Å². The monoisotopic (exact) mass is 474 g/mol. The topological polar surface area (TPSA) is 40.6 Å². The summed E-state index contributed by atoms with van der Waals surface area (Å²) in [4.78, 5) is 3.00. The lowest BCUT2D eigenvalue weighted by Gasteiger charge is -2.45. The van der Waals surface area contributed by atoms with E-state index in [1.165, 1.54) is 31.2 Å². The van der Waals surface area contributed by atoms with E-state index in [0.717, 1.165) is 31.6 Å². The van der Waals surface area contributed by atoms with E-state index in [1.54, 1.807) is 28.6 Å². The first-order valence-electron chi connectivity index (χ1n) is 12.6. The van der Waals surface area contributed by atoms with Crippen molar-refractivity contribution in [1.82, 2.24) is 4.90 Å². The molecule has 5 heteroatoms. The molecule has 0 unspecified atom stereocenters. The maximum Gasteiger partial charge on any atom is 0.264 e. The Morgan fingerprint density at radius 2 is 1.24 bits per heavy atom. The van der Waals surface area contributed by atoms with Crippen LogP contribution in [-0.4, -0.2) is 38.5 Å². The number of likely N-dealkylation sites (tertiary alicyclic amines) is 1. The molecule has 2 aliphatic rings. The van der Waals surface area contributed by atoms with E-state index in [-0.39, 0.29) is 6.04 Å². The smallest absolute Gasteiger partial charge is 0.264 e. The highest BCUT2D eigenvalue weighted by Crippen LogP contribution is 2.38. The normalized spacial score (nSPS) is 22.4. The molecule has 1 saturated heterocycles. The summed E-state index contributed by atoms with van der Waals surface area (Å²) in [5.41, 5.74) is 2.21. The van der Waals surface area contributed by atoms with Crippen LogP contribution in [0, 0.1) is 0 Å². The minimum Gasteiger partial charge on any atom is -0.300 e. The first-order chi connectivity index (χ1) is 16.6. The van der Waals surface area contributed by atoms with E-state index in [4.69, 9.17) is 0 Å². The van der Waals surface area contributed by atoms with Crippen LogP contribution in [0.25, 0.3) is 0 Å². The Kier molecular flexibility index (Phi) is 7.02. The van der Waals surface area contributed by atoms with Crippen LogP contribution in [-0.2, 0) is 10.0 Å². The highest BCUT2D eigenvalue weighted by molar-refractivity contribution is 7.92. The predicted molar refractivity (Wildman–Crippen MR) is 139 cm³/mol. The fraction of sp³-hybridized carbons (Fsp3) is 0.379. The molecular formula is C29H34N2O2S. The van der Waals surface area contributed by atoms with E-state index < -0.39 is 10.0 Å². The number of nitrogens with zero attached hydrogens (tertiary/aromatic N) is 2. The number of anilines is 1. The average molecular weight is 475 g/mol. The fourth-order valence-electron chi connectivity index (χ4n) is 5.92. The van der Waals surface area contributed by atoms with Gasteiger partial charge >= 0.3 is 0 Å². The third-order valence-electron chi connectivity index (χ3n) is 7.57. The van der Waals surface area contributed by atoms with Gasteiger partial charge in [-0.3, -0.25) is 9.21 Å². The SMILES string of the molecule is O=S(=O)(c1ccccc1)N(c1ccccc1)C1CCN([C@@H]2CCCC[C@@H]2c2ccccc2)CC1. The summed E-state index contributed by atoms with van der Waals surface area (Å²) >= 11 is 0. The van der Waals surface area contributed by atoms with E-state index in [2.05, 4.69) is 35.2 Å². The van der Waals surface area contributed by atoms with Crippen molar-refractivity contribution in [3.8, 4) is 0 Å². The molecule has 2 fully saturated rings. The molecule has 0 radical (unpaired) electrons. The van der Waals surface area contributed by atoms with Gasteiger partial charge in [0.25, 0.3) is 10.0 Å². The molecule has 1 saturated carbocycles.